The predicted molar refractivity (Wildman–Crippen MR) is 88.7 cm³/mol. The quantitative estimate of drug-likeness (QED) is 0.480. The van der Waals surface area contributed by atoms with Crippen molar-refractivity contribution in [2.24, 2.45) is 7.05 Å². The monoisotopic (exact) mass is 292 g/mol. The maximum Gasteiger partial charge on any atom is 0.140 e. The number of imidazole rings is 1. The molecule has 1 heterocycles. The molecule has 0 saturated carbocycles. The summed E-state index contributed by atoms with van der Waals surface area (Å²) in [5.74, 6) is 0.970. The number of halogens is 1. The number of aryl methyl sites for hydroxylation is 1. The molecule has 0 radical (unpaired) electrons. The van der Waals surface area contributed by atoms with Gasteiger partial charge in [-0.25, -0.2) is 4.98 Å². The molecule has 0 spiro atoms. The molecular formula is C18H13ClN2. The molecule has 4 aromatic rings. The van der Waals surface area contributed by atoms with Crippen molar-refractivity contribution in [3.63, 3.8) is 0 Å². The first-order chi connectivity index (χ1) is 10.2. The lowest BCUT2D eigenvalue weighted by molar-refractivity contribution is 0.959. The zero-order valence-corrected chi connectivity index (χ0v) is 12.3. The molecule has 0 aliphatic rings. The van der Waals surface area contributed by atoms with Gasteiger partial charge in [0, 0.05) is 23.0 Å². The van der Waals surface area contributed by atoms with E-state index in [0.29, 0.717) is 0 Å². The Morgan fingerprint density at radius 3 is 2.52 bits per heavy atom. The van der Waals surface area contributed by atoms with Gasteiger partial charge in [-0.05, 0) is 23.6 Å². The maximum absolute atomic E-state index is 6.15. The molecular weight excluding hydrogens is 280 g/mol. The summed E-state index contributed by atoms with van der Waals surface area (Å²) in [7, 11) is 2.05. The Kier molecular flexibility index (Phi) is 2.72. The van der Waals surface area contributed by atoms with Crippen molar-refractivity contribution in [2.75, 3.05) is 0 Å². The fraction of sp³-hybridized carbons (Fsp3) is 0.0556. The summed E-state index contributed by atoms with van der Waals surface area (Å²) in [5.41, 5.74) is 3.23. The Bertz CT molecular complexity index is 955. The molecule has 0 fully saturated rings. The maximum atomic E-state index is 6.15. The van der Waals surface area contributed by atoms with Crippen LogP contribution < -0.4 is 0 Å². The summed E-state index contributed by atoms with van der Waals surface area (Å²) in [6.45, 7) is 0. The lowest BCUT2D eigenvalue weighted by atomic mass is 10.1. The molecule has 0 aliphatic heterocycles. The lowest BCUT2D eigenvalue weighted by Crippen LogP contribution is -1.91. The highest BCUT2D eigenvalue weighted by molar-refractivity contribution is 6.31. The van der Waals surface area contributed by atoms with Crippen LogP contribution in [0.4, 0.5) is 0 Å². The van der Waals surface area contributed by atoms with Crippen LogP contribution in [0, 0.1) is 0 Å². The molecule has 0 unspecified atom stereocenters. The molecule has 0 saturated heterocycles. The number of hydrogen-bond donors (Lipinski definition) is 0. The fourth-order valence-corrected chi connectivity index (χ4v) is 2.97. The van der Waals surface area contributed by atoms with Crippen molar-refractivity contribution in [1.29, 1.82) is 0 Å². The standard InChI is InChI=1S/C18H13ClN2/c1-21-16-10-8-12-7-9-14(19)11-15(12)17(16)20-18(21)13-5-3-2-4-6-13/h2-11H,1H3. The molecule has 4 rings (SSSR count). The summed E-state index contributed by atoms with van der Waals surface area (Å²) in [6.07, 6.45) is 0. The third kappa shape index (κ3) is 1.91. The van der Waals surface area contributed by atoms with Gasteiger partial charge < -0.3 is 4.57 Å². The number of aromatic nitrogens is 2. The molecule has 21 heavy (non-hydrogen) atoms. The highest BCUT2D eigenvalue weighted by Crippen LogP contribution is 2.30. The Morgan fingerprint density at radius 1 is 0.952 bits per heavy atom. The first kappa shape index (κ1) is 12.4. The van der Waals surface area contributed by atoms with Crippen LogP contribution in [0.1, 0.15) is 0 Å². The van der Waals surface area contributed by atoms with Crippen molar-refractivity contribution in [3.8, 4) is 11.4 Å². The van der Waals surface area contributed by atoms with Gasteiger partial charge in [0.1, 0.15) is 5.82 Å². The van der Waals surface area contributed by atoms with E-state index >= 15 is 0 Å². The number of rotatable bonds is 1. The van der Waals surface area contributed by atoms with Crippen molar-refractivity contribution < 1.29 is 0 Å². The third-order valence-corrected chi connectivity index (χ3v) is 4.10. The second kappa shape index (κ2) is 4.61. The minimum Gasteiger partial charge on any atom is -0.327 e. The van der Waals surface area contributed by atoms with E-state index in [0.717, 1.165) is 38.2 Å². The fourth-order valence-electron chi connectivity index (χ4n) is 2.79. The number of hydrogen-bond acceptors (Lipinski definition) is 1. The SMILES string of the molecule is Cn1c(-c2ccccc2)nc2c3cc(Cl)ccc3ccc21. The average Bonchev–Trinajstić information content (AvgIpc) is 2.86. The highest BCUT2D eigenvalue weighted by atomic mass is 35.5. The van der Waals surface area contributed by atoms with E-state index in [9.17, 15) is 0 Å². The van der Waals surface area contributed by atoms with Crippen LogP contribution in [0.5, 0.6) is 0 Å². The number of nitrogens with zero attached hydrogens (tertiary/aromatic N) is 2. The summed E-state index contributed by atoms with van der Waals surface area (Å²) < 4.78 is 2.13. The van der Waals surface area contributed by atoms with E-state index in [2.05, 4.69) is 28.8 Å². The lowest BCUT2D eigenvalue weighted by Gasteiger charge is -2.02. The Hall–Kier alpha value is -2.32. The molecule has 0 amide bonds. The Balaban J connectivity index is 2.10. The molecule has 0 aliphatic carbocycles. The van der Waals surface area contributed by atoms with Crippen LogP contribution in [0.3, 0.4) is 0 Å². The molecule has 3 heteroatoms. The Labute approximate surface area is 127 Å². The molecule has 102 valence electrons. The van der Waals surface area contributed by atoms with Gasteiger partial charge in [-0.2, -0.15) is 0 Å². The van der Waals surface area contributed by atoms with Gasteiger partial charge in [-0.3, -0.25) is 0 Å². The van der Waals surface area contributed by atoms with E-state index in [1.807, 2.05) is 43.4 Å². The molecule has 0 bridgehead atoms. The summed E-state index contributed by atoms with van der Waals surface area (Å²) in [6, 6.07) is 20.4. The van der Waals surface area contributed by atoms with Gasteiger partial charge in [0.05, 0.1) is 11.0 Å². The largest absolute Gasteiger partial charge is 0.327 e. The zero-order valence-electron chi connectivity index (χ0n) is 11.5. The number of benzene rings is 3. The van der Waals surface area contributed by atoms with Crippen LogP contribution in [0.2, 0.25) is 5.02 Å². The van der Waals surface area contributed by atoms with E-state index in [-0.39, 0.29) is 0 Å². The summed E-state index contributed by atoms with van der Waals surface area (Å²) >= 11 is 6.15. The molecule has 3 aromatic carbocycles. The molecule has 2 nitrogen and oxygen atoms in total. The average molecular weight is 293 g/mol. The summed E-state index contributed by atoms with van der Waals surface area (Å²) in [4.78, 5) is 4.86. The highest BCUT2D eigenvalue weighted by Gasteiger charge is 2.12. The van der Waals surface area contributed by atoms with Crippen LogP contribution in [-0.2, 0) is 7.05 Å². The zero-order chi connectivity index (χ0) is 14.4. The molecule has 0 atom stereocenters. The van der Waals surface area contributed by atoms with Gasteiger partial charge in [-0.1, -0.05) is 54.1 Å². The van der Waals surface area contributed by atoms with Crippen LogP contribution in [-0.4, -0.2) is 9.55 Å². The van der Waals surface area contributed by atoms with Crippen molar-refractivity contribution >= 4 is 33.4 Å². The normalized spacial score (nSPS) is 11.3. The molecule has 1 aromatic heterocycles. The van der Waals surface area contributed by atoms with Gasteiger partial charge in [0.15, 0.2) is 0 Å². The second-order valence-electron chi connectivity index (χ2n) is 5.16. The second-order valence-corrected chi connectivity index (χ2v) is 5.60. The van der Waals surface area contributed by atoms with E-state index in [1.165, 1.54) is 0 Å². The topological polar surface area (TPSA) is 17.8 Å². The third-order valence-electron chi connectivity index (χ3n) is 3.86. The van der Waals surface area contributed by atoms with Gasteiger partial charge in [-0.15, -0.1) is 0 Å². The van der Waals surface area contributed by atoms with Crippen molar-refractivity contribution in [2.45, 2.75) is 0 Å². The van der Waals surface area contributed by atoms with E-state index in [1.54, 1.807) is 0 Å². The predicted octanol–water partition coefficient (Wildman–Crippen LogP) is 5.05. The van der Waals surface area contributed by atoms with E-state index < -0.39 is 0 Å². The van der Waals surface area contributed by atoms with Crippen molar-refractivity contribution in [3.05, 3.63) is 65.7 Å². The minimum atomic E-state index is 0.738. The first-order valence-corrected chi connectivity index (χ1v) is 7.22. The van der Waals surface area contributed by atoms with Gasteiger partial charge >= 0.3 is 0 Å². The van der Waals surface area contributed by atoms with Crippen LogP contribution in [0.15, 0.2) is 60.7 Å². The van der Waals surface area contributed by atoms with Crippen LogP contribution in [0.25, 0.3) is 33.2 Å². The van der Waals surface area contributed by atoms with E-state index in [4.69, 9.17) is 16.6 Å². The van der Waals surface area contributed by atoms with Crippen molar-refractivity contribution in [1.82, 2.24) is 9.55 Å². The smallest absolute Gasteiger partial charge is 0.140 e. The Morgan fingerprint density at radius 2 is 1.71 bits per heavy atom. The van der Waals surface area contributed by atoms with Gasteiger partial charge in [0.2, 0.25) is 0 Å². The van der Waals surface area contributed by atoms with Gasteiger partial charge in [0.25, 0.3) is 0 Å². The number of fused-ring (bicyclic) bond motifs is 3. The summed E-state index contributed by atoms with van der Waals surface area (Å²) in [5, 5.41) is 2.99. The minimum absolute atomic E-state index is 0.738. The van der Waals surface area contributed by atoms with Crippen LogP contribution >= 0.6 is 11.6 Å². The molecule has 0 N–H and O–H groups in total. The first-order valence-electron chi connectivity index (χ1n) is 6.84.